The number of amides is 1. The van der Waals surface area contributed by atoms with Crippen molar-refractivity contribution in [3.8, 4) is 0 Å². The fourth-order valence-corrected chi connectivity index (χ4v) is 5.63. The minimum Gasteiger partial charge on any atom is -0.356 e. The minimum atomic E-state index is -0.0884. The molecule has 0 spiro atoms. The molecule has 0 saturated carbocycles. The highest BCUT2D eigenvalue weighted by atomic mass is 16.2. The predicted molar refractivity (Wildman–Crippen MR) is 139 cm³/mol. The zero-order chi connectivity index (χ0) is 24.6. The highest BCUT2D eigenvalue weighted by Crippen LogP contribution is 2.28. The molecule has 0 N–H and O–H groups in total. The third-order valence-corrected chi connectivity index (χ3v) is 7.61. The molecule has 0 atom stereocenters. The number of anilines is 1. The van der Waals surface area contributed by atoms with Crippen molar-refractivity contribution in [2.75, 3.05) is 18.0 Å². The zero-order valence-electron chi connectivity index (χ0n) is 20.4. The van der Waals surface area contributed by atoms with Gasteiger partial charge in [-0.05, 0) is 37.0 Å². The Bertz CT molecular complexity index is 1450. The minimum absolute atomic E-state index is 0.0884. The van der Waals surface area contributed by atoms with E-state index in [1.165, 1.54) is 11.9 Å². The van der Waals surface area contributed by atoms with Crippen LogP contribution in [0.25, 0.3) is 10.9 Å². The van der Waals surface area contributed by atoms with Gasteiger partial charge in [0.05, 0.1) is 6.42 Å². The first-order valence-electron chi connectivity index (χ1n) is 12.7. The Labute approximate surface area is 210 Å². The van der Waals surface area contributed by atoms with Crippen LogP contribution in [0, 0.1) is 0 Å². The summed E-state index contributed by atoms with van der Waals surface area (Å²) in [6.07, 6.45) is 5.66. The van der Waals surface area contributed by atoms with Crippen LogP contribution in [0.15, 0.2) is 67.1 Å². The molecule has 7 nitrogen and oxygen atoms in total. The molecule has 0 radical (unpaired) electrons. The summed E-state index contributed by atoms with van der Waals surface area (Å²) in [7, 11) is 0. The van der Waals surface area contributed by atoms with E-state index in [4.69, 9.17) is 0 Å². The molecular weight excluding hydrogens is 450 g/mol. The van der Waals surface area contributed by atoms with Crippen LogP contribution in [0.2, 0.25) is 0 Å². The third kappa shape index (κ3) is 3.94. The molecule has 0 aliphatic carbocycles. The molecule has 2 aliphatic rings. The summed E-state index contributed by atoms with van der Waals surface area (Å²) in [6.45, 7) is 5.13. The maximum Gasteiger partial charge on any atom is 0.227 e. The Kier molecular flexibility index (Phi) is 5.76. The molecule has 2 aromatic carbocycles. The Balaban J connectivity index is 1.18. The molecular formula is C29H29N5O2. The van der Waals surface area contributed by atoms with Gasteiger partial charge in [-0.1, -0.05) is 42.5 Å². The van der Waals surface area contributed by atoms with E-state index < -0.39 is 0 Å². The van der Waals surface area contributed by atoms with Crippen LogP contribution in [-0.2, 0) is 24.3 Å². The first-order valence-corrected chi connectivity index (χ1v) is 12.7. The van der Waals surface area contributed by atoms with E-state index in [1.807, 2.05) is 48.7 Å². The molecule has 1 amide bonds. The highest BCUT2D eigenvalue weighted by Gasteiger charge is 2.32. The fraction of sp³-hybridized carbons (Fsp3) is 0.310. The van der Waals surface area contributed by atoms with Gasteiger partial charge in [0.1, 0.15) is 17.8 Å². The van der Waals surface area contributed by atoms with Gasteiger partial charge in [-0.15, -0.1) is 0 Å². The number of benzene rings is 2. The quantitative estimate of drug-likeness (QED) is 0.401. The van der Waals surface area contributed by atoms with E-state index in [9.17, 15) is 9.59 Å². The van der Waals surface area contributed by atoms with Gasteiger partial charge in [-0.3, -0.25) is 9.59 Å². The summed E-state index contributed by atoms with van der Waals surface area (Å²) in [5, 5.41) is 0.943. The average molecular weight is 480 g/mol. The number of nitrogens with zero attached hydrogens (tertiary/aromatic N) is 5. The number of ketones is 1. The lowest BCUT2D eigenvalue weighted by Gasteiger charge is -2.41. The van der Waals surface area contributed by atoms with Crippen molar-refractivity contribution in [3.05, 3.63) is 89.5 Å². The number of aromatic nitrogens is 3. The second-order valence-electron chi connectivity index (χ2n) is 9.62. The molecule has 2 aliphatic heterocycles. The van der Waals surface area contributed by atoms with Crippen LogP contribution >= 0.6 is 0 Å². The monoisotopic (exact) mass is 479 g/mol. The number of carbonyl (C=O) groups excluding carboxylic acids is 2. The molecule has 1 fully saturated rings. The predicted octanol–water partition coefficient (Wildman–Crippen LogP) is 4.24. The lowest BCUT2D eigenvalue weighted by Crippen LogP contribution is -2.49. The number of carbonyl (C=O) groups is 2. The standard InChI is InChI=1S/C29H29N5O2/c1-2-32-18-24(23-9-5-6-10-26(23)32)29(36)25-16-27(31-19-30-25)33-13-11-22(12-14-33)34-17-21-8-4-3-7-20(21)15-28(34)35/h3-10,16,18-19,22H,2,11-15,17H2,1H3. The van der Waals surface area contributed by atoms with Crippen LogP contribution in [0.4, 0.5) is 5.82 Å². The van der Waals surface area contributed by atoms with Crippen molar-refractivity contribution in [1.29, 1.82) is 0 Å². The number of para-hydroxylation sites is 1. The van der Waals surface area contributed by atoms with Crippen LogP contribution in [0.5, 0.6) is 0 Å². The number of hydrogen-bond donors (Lipinski definition) is 0. The van der Waals surface area contributed by atoms with E-state index in [1.54, 1.807) is 0 Å². The van der Waals surface area contributed by atoms with E-state index in [0.717, 1.165) is 54.8 Å². The molecule has 0 unspecified atom stereocenters. The fourth-order valence-electron chi connectivity index (χ4n) is 5.63. The average Bonchev–Trinajstić information content (AvgIpc) is 3.31. The van der Waals surface area contributed by atoms with E-state index >= 15 is 0 Å². The maximum absolute atomic E-state index is 13.5. The van der Waals surface area contributed by atoms with Crippen LogP contribution < -0.4 is 4.90 Å². The van der Waals surface area contributed by atoms with Gasteiger partial charge in [-0.25, -0.2) is 9.97 Å². The SMILES string of the molecule is CCn1cc(C(=O)c2cc(N3CCC(N4Cc5ccccc5CC4=O)CC3)ncn2)c2ccccc21. The second-order valence-corrected chi connectivity index (χ2v) is 9.62. The summed E-state index contributed by atoms with van der Waals surface area (Å²) in [6, 6.07) is 18.2. The molecule has 2 aromatic heterocycles. The Hall–Kier alpha value is -4.00. The summed E-state index contributed by atoms with van der Waals surface area (Å²) in [5.74, 6) is 0.893. The molecule has 0 bridgehead atoms. The van der Waals surface area contributed by atoms with Gasteiger partial charge in [0.25, 0.3) is 0 Å². The summed E-state index contributed by atoms with van der Waals surface area (Å²) in [4.78, 5) is 39.3. The summed E-state index contributed by atoms with van der Waals surface area (Å²) >= 11 is 0. The molecule has 6 rings (SSSR count). The van der Waals surface area contributed by atoms with Crippen molar-refractivity contribution >= 4 is 28.4 Å². The number of aryl methyl sites for hydroxylation is 1. The molecule has 1 saturated heterocycles. The smallest absolute Gasteiger partial charge is 0.227 e. The Morgan fingerprint density at radius 1 is 1.00 bits per heavy atom. The van der Waals surface area contributed by atoms with E-state index in [-0.39, 0.29) is 17.7 Å². The van der Waals surface area contributed by atoms with Gasteiger partial charge >= 0.3 is 0 Å². The molecule has 36 heavy (non-hydrogen) atoms. The van der Waals surface area contributed by atoms with E-state index in [2.05, 4.69) is 43.4 Å². The topological polar surface area (TPSA) is 71.3 Å². The van der Waals surface area contributed by atoms with Crippen molar-refractivity contribution in [2.24, 2.45) is 0 Å². The van der Waals surface area contributed by atoms with Crippen molar-refractivity contribution < 1.29 is 9.59 Å². The van der Waals surface area contributed by atoms with Crippen LogP contribution in [0.3, 0.4) is 0 Å². The molecule has 7 heteroatoms. The van der Waals surface area contributed by atoms with Crippen LogP contribution in [0.1, 0.15) is 46.9 Å². The summed E-state index contributed by atoms with van der Waals surface area (Å²) < 4.78 is 2.09. The molecule has 4 aromatic rings. The Morgan fingerprint density at radius 2 is 1.75 bits per heavy atom. The molecule has 182 valence electrons. The van der Waals surface area contributed by atoms with Gasteiger partial charge in [0.15, 0.2) is 0 Å². The highest BCUT2D eigenvalue weighted by molar-refractivity contribution is 6.15. The number of piperidine rings is 1. The maximum atomic E-state index is 13.5. The third-order valence-electron chi connectivity index (χ3n) is 7.61. The van der Waals surface area contributed by atoms with Crippen molar-refractivity contribution in [3.63, 3.8) is 0 Å². The van der Waals surface area contributed by atoms with Crippen LogP contribution in [-0.4, -0.2) is 50.3 Å². The summed E-state index contributed by atoms with van der Waals surface area (Å²) in [5.41, 5.74) is 4.53. The van der Waals surface area contributed by atoms with Gasteiger partial charge in [0, 0.05) is 61.0 Å². The largest absolute Gasteiger partial charge is 0.356 e. The van der Waals surface area contributed by atoms with E-state index in [0.29, 0.717) is 24.2 Å². The zero-order valence-corrected chi connectivity index (χ0v) is 20.4. The number of fused-ring (bicyclic) bond motifs is 2. The number of rotatable bonds is 5. The van der Waals surface area contributed by atoms with Crippen molar-refractivity contribution in [1.82, 2.24) is 19.4 Å². The lowest BCUT2D eigenvalue weighted by atomic mass is 9.95. The first kappa shape index (κ1) is 22.5. The molecule has 4 heterocycles. The first-order chi connectivity index (χ1) is 17.6. The van der Waals surface area contributed by atoms with Gasteiger partial charge in [-0.2, -0.15) is 0 Å². The normalized spacial score (nSPS) is 16.4. The van der Waals surface area contributed by atoms with Crippen molar-refractivity contribution in [2.45, 2.75) is 45.3 Å². The second kappa shape index (κ2) is 9.22. The Morgan fingerprint density at radius 3 is 2.56 bits per heavy atom. The lowest BCUT2D eigenvalue weighted by molar-refractivity contribution is -0.134. The van der Waals surface area contributed by atoms with Gasteiger partial charge in [0.2, 0.25) is 11.7 Å². The number of hydrogen-bond acceptors (Lipinski definition) is 5. The van der Waals surface area contributed by atoms with Gasteiger partial charge < -0.3 is 14.4 Å².